The zero-order chi connectivity index (χ0) is 10.8. The van der Waals surface area contributed by atoms with E-state index in [4.69, 9.17) is 0 Å². The topological polar surface area (TPSA) is 20.2 Å². The molecule has 3 heteroatoms. The largest absolute Gasteiger partial charge is 0.507 e. The van der Waals surface area contributed by atoms with E-state index in [0.717, 1.165) is 6.07 Å². The summed E-state index contributed by atoms with van der Waals surface area (Å²) < 4.78 is 26.1. The minimum atomic E-state index is -0.549. The number of rotatable bonds is 1. The second-order valence-corrected chi connectivity index (χ2v) is 3.14. The van der Waals surface area contributed by atoms with Crippen LogP contribution < -0.4 is 0 Å². The second kappa shape index (κ2) is 3.69. The van der Waals surface area contributed by atoms with E-state index in [1.807, 2.05) is 0 Å². The molecule has 0 bridgehead atoms. The Morgan fingerprint density at radius 2 is 1.60 bits per heavy atom. The summed E-state index contributed by atoms with van der Waals surface area (Å²) in [7, 11) is 0. The van der Waals surface area contributed by atoms with Crippen LogP contribution in [0.15, 0.2) is 42.5 Å². The molecule has 1 nitrogen and oxygen atoms in total. The van der Waals surface area contributed by atoms with E-state index in [1.54, 1.807) is 12.1 Å². The van der Waals surface area contributed by atoms with Gasteiger partial charge in [0, 0.05) is 17.2 Å². The normalized spacial score (nSPS) is 10.3. The zero-order valence-corrected chi connectivity index (χ0v) is 7.74. The van der Waals surface area contributed by atoms with Crippen molar-refractivity contribution in [1.29, 1.82) is 0 Å². The van der Waals surface area contributed by atoms with Gasteiger partial charge >= 0.3 is 0 Å². The lowest BCUT2D eigenvalue weighted by Crippen LogP contribution is -1.85. The van der Waals surface area contributed by atoms with Gasteiger partial charge in [0.15, 0.2) is 0 Å². The Morgan fingerprint density at radius 1 is 0.867 bits per heavy atom. The minimum Gasteiger partial charge on any atom is -0.507 e. The smallest absolute Gasteiger partial charge is 0.131 e. The molecule has 2 aromatic rings. The Morgan fingerprint density at radius 3 is 2.27 bits per heavy atom. The maximum Gasteiger partial charge on any atom is 0.131 e. The summed E-state index contributed by atoms with van der Waals surface area (Å²) >= 11 is 0. The second-order valence-electron chi connectivity index (χ2n) is 3.14. The molecule has 2 rings (SSSR count). The van der Waals surface area contributed by atoms with Crippen molar-refractivity contribution in [3.05, 3.63) is 54.1 Å². The van der Waals surface area contributed by atoms with Crippen molar-refractivity contribution < 1.29 is 13.9 Å². The molecule has 0 heterocycles. The zero-order valence-electron chi connectivity index (χ0n) is 7.74. The monoisotopic (exact) mass is 206 g/mol. The minimum absolute atomic E-state index is 0.259. The highest BCUT2D eigenvalue weighted by atomic mass is 19.1. The summed E-state index contributed by atoms with van der Waals surface area (Å²) in [6.07, 6.45) is 0. The predicted molar refractivity (Wildman–Crippen MR) is 53.5 cm³/mol. The van der Waals surface area contributed by atoms with Gasteiger partial charge < -0.3 is 5.11 Å². The van der Waals surface area contributed by atoms with Crippen molar-refractivity contribution in [1.82, 2.24) is 0 Å². The van der Waals surface area contributed by atoms with Crippen molar-refractivity contribution >= 4 is 0 Å². The predicted octanol–water partition coefficient (Wildman–Crippen LogP) is 3.34. The molecule has 76 valence electrons. The molecule has 0 spiro atoms. The third-order valence-electron chi connectivity index (χ3n) is 2.12. The van der Waals surface area contributed by atoms with Crippen LogP contribution in [0.25, 0.3) is 11.1 Å². The molecular formula is C12H8F2O. The van der Waals surface area contributed by atoms with Crippen LogP contribution in [0.2, 0.25) is 0 Å². The number of phenolic OH excluding ortho intramolecular Hbond substituents is 1. The molecular weight excluding hydrogens is 198 g/mol. The fourth-order valence-electron chi connectivity index (χ4n) is 1.41. The van der Waals surface area contributed by atoms with Gasteiger partial charge in [0.1, 0.15) is 17.4 Å². The Kier molecular flexibility index (Phi) is 2.37. The summed E-state index contributed by atoms with van der Waals surface area (Å²) in [6, 6.07) is 9.52. The molecule has 1 N–H and O–H groups in total. The van der Waals surface area contributed by atoms with E-state index in [9.17, 15) is 13.9 Å². The molecule has 0 saturated heterocycles. The lowest BCUT2D eigenvalue weighted by Gasteiger charge is -2.05. The third kappa shape index (κ3) is 1.81. The fraction of sp³-hybridized carbons (Fsp3) is 0. The van der Waals surface area contributed by atoms with Gasteiger partial charge in [0.25, 0.3) is 0 Å². The van der Waals surface area contributed by atoms with Crippen LogP contribution in [-0.4, -0.2) is 5.11 Å². The summed E-state index contributed by atoms with van der Waals surface area (Å²) in [5.74, 6) is -1.26. The SMILES string of the molecule is Oc1cc(F)ccc1-c1ccccc1F. The van der Waals surface area contributed by atoms with Gasteiger partial charge in [-0.05, 0) is 18.2 Å². The Bertz CT molecular complexity index is 495. The van der Waals surface area contributed by atoms with Crippen molar-refractivity contribution in [2.45, 2.75) is 0 Å². The van der Waals surface area contributed by atoms with Crippen LogP contribution in [0.5, 0.6) is 5.75 Å². The highest BCUT2D eigenvalue weighted by molar-refractivity contribution is 5.70. The molecule has 0 radical (unpaired) electrons. The maximum absolute atomic E-state index is 13.4. The quantitative estimate of drug-likeness (QED) is 0.758. The molecule has 0 aliphatic heterocycles. The highest BCUT2D eigenvalue weighted by Gasteiger charge is 2.08. The number of aromatic hydroxyl groups is 1. The van der Waals surface area contributed by atoms with Gasteiger partial charge in [-0.3, -0.25) is 0 Å². The molecule has 0 atom stereocenters. The first-order valence-corrected chi connectivity index (χ1v) is 4.42. The van der Waals surface area contributed by atoms with Gasteiger partial charge in [0.2, 0.25) is 0 Å². The van der Waals surface area contributed by atoms with Crippen molar-refractivity contribution in [2.75, 3.05) is 0 Å². The van der Waals surface area contributed by atoms with Gasteiger partial charge in [-0.2, -0.15) is 0 Å². The summed E-state index contributed by atoms with van der Waals surface area (Å²) in [4.78, 5) is 0. The molecule has 0 aromatic heterocycles. The van der Waals surface area contributed by atoms with Gasteiger partial charge in [-0.1, -0.05) is 18.2 Å². The molecule has 0 fully saturated rings. The average Bonchev–Trinajstić information content (AvgIpc) is 2.20. The molecule has 0 aliphatic rings. The lowest BCUT2D eigenvalue weighted by molar-refractivity contribution is 0.470. The van der Waals surface area contributed by atoms with Crippen LogP contribution in [0, 0.1) is 11.6 Å². The molecule has 2 aromatic carbocycles. The number of phenols is 1. The van der Waals surface area contributed by atoms with Gasteiger partial charge in [-0.15, -0.1) is 0 Å². The fourth-order valence-corrected chi connectivity index (χ4v) is 1.41. The number of hydrogen-bond acceptors (Lipinski definition) is 1. The van der Waals surface area contributed by atoms with Crippen LogP contribution in [0.3, 0.4) is 0 Å². The van der Waals surface area contributed by atoms with E-state index in [0.29, 0.717) is 0 Å². The first-order valence-electron chi connectivity index (χ1n) is 4.42. The van der Waals surface area contributed by atoms with E-state index < -0.39 is 11.6 Å². The average molecular weight is 206 g/mol. The molecule has 0 aliphatic carbocycles. The van der Waals surface area contributed by atoms with E-state index in [-0.39, 0.29) is 16.9 Å². The van der Waals surface area contributed by atoms with Crippen molar-refractivity contribution in [2.24, 2.45) is 0 Å². The van der Waals surface area contributed by atoms with Crippen molar-refractivity contribution in [3.8, 4) is 16.9 Å². The molecule has 0 saturated carbocycles. The summed E-state index contributed by atoms with van der Waals surface area (Å²) in [5.41, 5.74) is 0.546. The number of hydrogen-bond donors (Lipinski definition) is 1. The van der Waals surface area contributed by atoms with E-state index >= 15 is 0 Å². The van der Waals surface area contributed by atoms with Crippen LogP contribution >= 0.6 is 0 Å². The third-order valence-corrected chi connectivity index (χ3v) is 2.12. The molecule has 0 unspecified atom stereocenters. The van der Waals surface area contributed by atoms with Crippen LogP contribution in [0.4, 0.5) is 8.78 Å². The van der Waals surface area contributed by atoms with Crippen LogP contribution in [0.1, 0.15) is 0 Å². The molecule has 15 heavy (non-hydrogen) atoms. The number of halogens is 2. The lowest BCUT2D eigenvalue weighted by atomic mass is 10.0. The van der Waals surface area contributed by atoms with Gasteiger partial charge in [0.05, 0.1) is 0 Å². The maximum atomic E-state index is 13.4. The van der Waals surface area contributed by atoms with Gasteiger partial charge in [-0.25, -0.2) is 8.78 Å². The molecule has 0 amide bonds. The number of benzene rings is 2. The summed E-state index contributed by atoms with van der Waals surface area (Å²) in [6.45, 7) is 0. The first kappa shape index (κ1) is 9.65. The summed E-state index contributed by atoms with van der Waals surface area (Å²) in [5, 5.41) is 9.46. The first-order chi connectivity index (χ1) is 7.18. The highest BCUT2D eigenvalue weighted by Crippen LogP contribution is 2.31. The Labute approximate surface area is 85.6 Å². The van der Waals surface area contributed by atoms with Crippen molar-refractivity contribution in [3.63, 3.8) is 0 Å². The van der Waals surface area contributed by atoms with E-state index in [2.05, 4.69) is 0 Å². The standard InChI is InChI=1S/C12H8F2O/c13-8-5-6-10(12(15)7-8)9-3-1-2-4-11(9)14/h1-7,15H. The Balaban J connectivity index is 2.60. The van der Waals surface area contributed by atoms with E-state index in [1.165, 1.54) is 24.3 Å². The Hall–Kier alpha value is -1.90. The van der Waals surface area contributed by atoms with Crippen LogP contribution in [-0.2, 0) is 0 Å².